The summed E-state index contributed by atoms with van der Waals surface area (Å²) >= 11 is 0. The summed E-state index contributed by atoms with van der Waals surface area (Å²) in [6, 6.07) is 4.07. The van der Waals surface area contributed by atoms with Crippen molar-refractivity contribution in [3.8, 4) is 5.75 Å². The van der Waals surface area contributed by atoms with Gasteiger partial charge in [-0.2, -0.15) is 0 Å². The van der Waals surface area contributed by atoms with E-state index in [-0.39, 0.29) is 17.7 Å². The molecule has 0 amide bonds. The predicted molar refractivity (Wildman–Crippen MR) is 44.9 cm³/mol. The Bertz CT molecular complexity index is 334. The Balaban J connectivity index is 2.53. The van der Waals surface area contributed by atoms with Crippen molar-refractivity contribution in [3.63, 3.8) is 0 Å². The molecule has 70 valence electrons. The third-order valence-electron chi connectivity index (χ3n) is 2.42. The molecule has 1 N–H and O–H groups in total. The third kappa shape index (κ3) is 1.39. The van der Waals surface area contributed by atoms with E-state index in [1.165, 1.54) is 18.2 Å². The van der Waals surface area contributed by atoms with Crippen molar-refractivity contribution < 1.29 is 13.9 Å². The minimum absolute atomic E-state index is 0.0662. The SMILES string of the molecule is Oc1ccc2c(c1)CCCC2(F)F. The van der Waals surface area contributed by atoms with Crippen LogP contribution >= 0.6 is 0 Å². The molecule has 13 heavy (non-hydrogen) atoms. The molecular weight excluding hydrogens is 174 g/mol. The van der Waals surface area contributed by atoms with Crippen molar-refractivity contribution >= 4 is 0 Å². The van der Waals surface area contributed by atoms with Crippen LogP contribution in [0.5, 0.6) is 5.75 Å². The summed E-state index contributed by atoms with van der Waals surface area (Å²) in [6.07, 6.45) is 1.05. The molecule has 1 aliphatic rings. The van der Waals surface area contributed by atoms with Crippen molar-refractivity contribution in [2.75, 3.05) is 0 Å². The lowest BCUT2D eigenvalue weighted by Gasteiger charge is -2.24. The lowest BCUT2D eigenvalue weighted by molar-refractivity contribution is -0.0217. The number of phenols is 1. The quantitative estimate of drug-likeness (QED) is 0.657. The molecule has 0 bridgehead atoms. The van der Waals surface area contributed by atoms with Crippen LogP contribution in [0.1, 0.15) is 24.0 Å². The summed E-state index contributed by atoms with van der Waals surface area (Å²) in [5.41, 5.74) is 0.660. The minimum Gasteiger partial charge on any atom is -0.508 e. The molecule has 2 rings (SSSR count). The smallest absolute Gasteiger partial charge is 0.273 e. The van der Waals surface area contributed by atoms with Gasteiger partial charge in [0.1, 0.15) is 5.75 Å². The van der Waals surface area contributed by atoms with Crippen LogP contribution in [-0.4, -0.2) is 5.11 Å². The fourth-order valence-electron chi connectivity index (χ4n) is 1.78. The van der Waals surface area contributed by atoms with E-state index in [0.29, 0.717) is 18.4 Å². The van der Waals surface area contributed by atoms with Crippen LogP contribution < -0.4 is 0 Å². The molecule has 0 radical (unpaired) electrons. The Morgan fingerprint density at radius 1 is 1.31 bits per heavy atom. The van der Waals surface area contributed by atoms with Gasteiger partial charge in [-0.15, -0.1) is 0 Å². The summed E-state index contributed by atoms with van der Waals surface area (Å²) in [5.74, 6) is -2.64. The van der Waals surface area contributed by atoms with E-state index in [1.807, 2.05) is 0 Å². The number of benzene rings is 1. The topological polar surface area (TPSA) is 20.2 Å². The zero-order chi connectivity index (χ0) is 9.47. The first kappa shape index (κ1) is 8.48. The fourth-order valence-corrected chi connectivity index (χ4v) is 1.78. The molecule has 0 fully saturated rings. The molecule has 1 nitrogen and oxygen atoms in total. The number of hydrogen-bond donors (Lipinski definition) is 1. The number of phenolic OH excluding ortho intramolecular Hbond substituents is 1. The Labute approximate surface area is 75.0 Å². The summed E-state index contributed by atoms with van der Waals surface area (Å²) in [5, 5.41) is 9.11. The molecule has 1 aromatic rings. The monoisotopic (exact) mass is 184 g/mol. The number of rotatable bonds is 0. The largest absolute Gasteiger partial charge is 0.508 e. The van der Waals surface area contributed by atoms with Gasteiger partial charge in [-0.3, -0.25) is 0 Å². The highest BCUT2D eigenvalue weighted by atomic mass is 19.3. The first-order valence-electron chi connectivity index (χ1n) is 4.30. The second kappa shape index (κ2) is 2.69. The van der Waals surface area contributed by atoms with Gasteiger partial charge in [-0.25, -0.2) is 8.78 Å². The van der Waals surface area contributed by atoms with Gasteiger partial charge in [0.25, 0.3) is 5.92 Å². The van der Waals surface area contributed by atoms with Crippen molar-refractivity contribution in [2.45, 2.75) is 25.2 Å². The molecule has 0 spiro atoms. The summed E-state index contributed by atoms with van der Waals surface area (Å²) in [6.45, 7) is 0. The van der Waals surface area contributed by atoms with Crippen molar-refractivity contribution in [3.05, 3.63) is 29.3 Å². The van der Waals surface area contributed by atoms with Gasteiger partial charge in [0.2, 0.25) is 0 Å². The standard InChI is InChI=1S/C10H10F2O/c11-10(12)5-1-2-7-6-8(13)3-4-9(7)10/h3-4,6,13H,1-2,5H2. The number of fused-ring (bicyclic) bond motifs is 1. The number of alkyl halides is 2. The second-order valence-corrected chi connectivity index (χ2v) is 3.40. The van der Waals surface area contributed by atoms with Gasteiger partial charge >= 0.3 is 0 Å². The predicted octanol–water partition coefficient (Wildman–Crippen LogP) is 2.82. The van der Waals surface area contributed by atoms with Crippen LogP contribution in [0.25, 0.3) is 0 Å². The van der Waals surface area contributed by atoms with Crippen LogP contribution in [-0.2, 0) is 12.3 Å². The Morgan fingerprint density at radius 3 is 2.85 bits per heavy atom. The zero-order valence-electron chi connectivity index (χ0n) is 7.06. The normalized spacial score (nSPS) is 19.5. The van der Waals surface area contributed by atoms with E-state index in [2.05, 4.69) is 0 Å². The first-order valence-corrected chi connectivity index (χ1v) is 4.30. The molecule has 0 aliphatic heterocycles. The van der Waals surface area contributed by atoms with E-state index in [0.717, 1.165) is 0 Å². The number of halogens is 2. The van der Waals surface area contributed by atoms with E-state index in [1.54, 1.807) is 0 Å². The van der Waals surface area contributed by atoms with Gasteiger partial charge in [0, 0.05) is 12.0 Å². The van der Waals surface area contributed by atoms with Gasteiger partial charge in [0.15, 0.2) is 0 Å². The van der Waals surface area contributed by atoms with Gasteiger partial charge < -0.3 is 5.11 Å². The molecule has 0 saturated heterocycles. The highest BCUT2D eigenvalue weighted by Gasteiger charge is 2.36. The minimum atomic E-state index is -2.71. The Hall–Kier alpha value is -1.12. The van der Waals surface area contributed by atoms with E-state index >= 15 is 0 Å². The van der Waals surface area contributed by atoms with Crippen LogP contribution in [0.3, 0.4) is 0 Å². The fraction of sp³-hybridized carbons (Fsp3) is 0.400. The highest BCUT2D eigenvalue weighted by molar-refractivity contribution is 5.38. The second-order valence-electron chi connectivity index (χ2n) is 3.40. The summed E-state index contributed by atoms with van der Waals surface area (Å²) in [4.78, 5) is 0. The summed E-state index contributed by atoms with van der Waals surface area (Å²) in [7, 11) is 0. The first-order chi connectivity index (χ1) is 6.09. The molecule has 0 unspecified atom stereocenters. The van der Waals surface area contributed by atoms with Crippen molar-refractivity contribution in [1.82, 2.24) is 0 Å². The maximum Gasteiger partial charge on any atom is 0.273 e. The van der Waals surface area contributed by atoms with Gasteiger partial charge in [0.05, 0.1) is 0 Å². The Kier molecular flexibility index (Phi) is 1.75. The van der Waals surface area contributed by atoms with E-state index in [4.69, 9.17) is 5.11 Å². The van der Waals surface area contributed by atoms with Gasteiger partial charge in [-0.05, 0) is 36.6 Å². The number of aromatic hydroxyl groups is 1. The molecule has 0 heterocycles. The molecule has 1 aliphatic carbocycles. The maximum atomic E-state index is 13.2. The number of aryl methyl sites for hydroxylation is 1. The van der Waals surface area contributed by atoms with Crippen molar-refractivity contribution in [2.24, 2.45) is 0 Å². The average Bonchev–Trinajstić information content (AvgIpc) is 2.02. The van der Waals surface area contributed by atoms with Crippen LogP contribution in [0.15, 0.2) is 18.2 Å². The van der Waals surface area contributed by atoms with Crippen molar-refractivity contribution in [1.29, 1.82) is 0 Å². The van der Waals surface area contributed by atoms with Gasteiger partial charge in [-0.1, -0.05) is 0 Å². The molecule has 1 aromatic carbocycles. The van der Waals surface area contributed by atoms with Crippen LogP contribution in [0.4, 0.5) is 8.78 Å². The molecule has 0 atom stereocenters. The molecular formula is C10H10F2O. The molecule has 3 heteroatoms. The Morgan fingerprint density at radius 2 is 2.08 bits per heavy atom. The van der Waals surface area contributed by atoms with E-state index in [9.17, 15) is 8.78 Å². The lowest BCUT2D eigenvalue weighted by atomic mass is 9.88. The third-order valence-corrected chi connectivity index (χ3v) is 2.42. The number of hydrogen-bond acceptors (Lipinski definition) is 1. The van der Waals surface area contributed by atoms with E-state index < -0.39 is 5.92 Å². The summed E-state index contributed by atoms with van der Waals surface area (Å²) < 4.78 is 26.5. The highest BCUT2D eigenvalue weighted by Crippen LogP contribution is 2.40. The molecule has 0 aromatic heterocycles. The van der Waals surface area contributed by atoms with Crippen LogP contribution in [0, 0.1) is 0 Å². The maximum absolute atomic E-state index is 13.2. The van der Waals surface area contributed by atoms with Crippen LogP contribution in [0.2, 0.25) is 0 Å². The average molecular weight is 184 g/mol. The lowest BCUT2D eigenvalue weighted by Crippen LogP contribution is -2.20. The molecule has 0 saturated carbocycles. The zero-order valence-corrected chi connectivity index (χ0v) is 7.06.